The maximum Gasteiger partial charge on any atom is 0.250 e. The van der Waals surface area contributed by atoms with E-state index in [-0.39, 0.29) is 25.0 Å². The number of benzene rings is 1. The van der Waals surface area contributed by atoms with Crippen LogP contribution in [0.15, 0.2) is 30.3 Å². The van der Waals surface area contributed by atoms with Gasteiger partial charge in [-0.1, -0.05) is 18.2 Å². The van der Waals surface area contributed by atoms with Crippen molar-refractivity contribution in [2.24, 2.45) is 0 Å². The van der Waals surface area contributed by atoms with Gasteiger partial charge in [-0.2, -0.15) is 0 Å². The Labute approximate surface area is 100 Å². The summed E-state index contributed by atoms with van der Waals surface area (Å²) in [6.07, 6.45) is 0. The van der Waals surface area contributed by atoms with Gasteiger partial charge in [0.05, 0.1) is 0 Å². The topological polar surface area (TPSA) is 58.6 Å². The summed E-state index contributed by atoms with van der Waals surface area (Å²) in [7, 11) is 3.27. The first-order valence-electron chi connectivity index (χ1n) is 5.22. The van der Waals surface area contributed by atoms with Crippen molar-refractivity contribution in [1.29, 1.82) is 0 Å². The molecule has 0 fully saturated rings. The van der Waals surface area contributed by atoms with Crippen LogP contribution in [0, 0.1) is 0 Å². The van der Waals surface area contributed by atoms with Crippen molar-refractivity contribution in [3.8, 4) is 0 Å². The molecule has 0 spiro atoms. The van der Waals surface area contributed by atoms with Gasteiger partial charge >= 0.3 is 0 Å². The molecule has 0 aromatic heterocycles. The lowest BCUT2D eigenvalue weighted by Crippen LogP contribution is -2.28. The summed E-state index contributed by atoms with van der Waals surface area (Å²) in [4.78, 5) is 24.0. The summed E-state index contributed by atoms with van der Waals surface area (Å²) in [5.41, 5.74) is 0.708. The summed E-state index contributed by atoms with van der Waals surface area (Å²) in [6, 6.07) is 9.08. The van der Waals surface area contributed by atoms with E-state index in [1.165, 1.54) is 4.90 Å². The van der Waals surface area contributed by atoms with Crippen molar-refractivity contribution in [3.63, 3.8) is 0 Å². The molecule has 0 heterocycles. The average Bonchev–Trinajstić information content (AvgIpc) is 2.30. The standard InChI is InChI=1S/C12H16N2O3/c1-14(2)12(16)9-17-8-11(15)13-10-6-4-3-5-7-10/h3-7H,8-9H2,1-2H3,(H,13,15). The third-order valence-corrected chi connectivity index (χ3v) is 2.02. The van der Waals surface area contributed by atoms with Crippen LogP contribution in [-0.4, -0.2) is 44.0 Å². The summed E-state index contributed by atoms with van der Waals surface area (Å²) >= 11 is 0. The van der Waals surface area contributed by atoms with Gasteiger partial charge in [0.1, 0.15) is 13.2 Å². The molecule has 1 rings (SSSR count). The normalized spacial score (nSPS) is 9.76. The van der Waals surface area contributed by atoms with Gasteiger partial charge in [0.25, 0.3) is 0 Å². The Morgan fingerprint density at radius 1 is 1.18 bits per heavy atom. The molecule has 0 radical (unpaired) electrons. The van der Waals surface area contributed by atoms with Gasteiger partial charge in [0.2, 0.25) is 11.8 Å². The predicted octanol–water partition coefficient (Wildman–Crippen LogP) is 0.730. The average molecular weight is 236 g/mol. The third kappa shape index (κ3) is 5.12. The monoisotopic (exact) mass is 236 g/mol. The highest BCUT2D eigenvalue weighted by molar-refractivity contribution is 5.91. The largest absolute Gasteiger partial charge is 0.362 e. The maximum atomic E-state index is 11.4. The molecule has 1 aromatic rings. The van der Waals surface area contributed by atoms with Crippen molar-refractivity contribution >= 4 is 17.5 Å². The molecule has 0 aliphatic rings. The van der Waals surface area contributed by atoms with E-state index in [4.69, 9.17) is 4.74 Å². The molecule has 0 saturated carbocycles. The zero-order valence-corrected chi connectivity index (χ0v) is 9.97. The Balaban J connectivity index is 2.25. The Morgan fingerprint density at radius 3 is 2.41 bits per heavy atom. The molecule has 0 aliphatic carbocycles. The lowest BCUT2D eigenvalue weighted by Gasteiger charge is -2.10. The van der Waals surface area contributed by atoms with Gasteiger partial charge in [0, 0.05) is 19.8 Å². The van der Waals surface area contributed by atoms with Gasteiger partial charge in [-0.3, -0.25) is 9.59 Å². The van der Waals surface area contributed by atoms with E-state index in [1.54, 1.807) is 26.2 Å². The molecule has 0 atom stereocenters. The summed E-state index contributed by atoms with van der Waals surface area (Å²) in [6.45, 7) is -0.219. The van der Waals surface area contributed by atoms with E-state index in [0.717, 1.165) is 0 Å². The van der Waals surface area contributed by atoms with Crippen LogP contribution in [0.3, 0.4) is 0 Å². The Morgan fingerprint density at radius 2 is 1.82 bits per heavy atom. The number of hydrogen-bond donors (Lipinski definition) is 1. The van der Waals surface area contributed by atoms with Crippen LogP contribution < -0.4 is 5.32 Å². The Hall–Kier alpha value is -1.88. The molecule has 5 nitrogen and oxygen atoms in total. The first kappa shape index (κ1) is 13.2. The number of carbonyl (C=O) groups is 2. The fourth-order valence-electron chi connectivity index (χ4n) is 1.08. The number of ether oxygens (including phenoxy) is 1. The van der Waals surface area contributed by atoms with Crippen LogP contribution >= 0.6 is 0 Å². The Bertz CT molecular complexity index is 377. The van der Waals surface area contributed by atoms with E-state index in [0.29, 0.717) is 5.69 Å². The fourth-order valence-corrected chi connectivity index (χ4v) is 1.08. The van der Waals surface area contributed by atoms with Gasteiger partial charge in [-0.05, 0) is 12.1 Å². The smallest absolute Gasteiger partial charge is 0.250 e. The van der Waals surface area contributed by atoms with E-state index < -0.39 is 0 Å². The molecule has 0 aliphatic heterocycles. The van der Waals surface area contributed by atoms with E-state index in [2.05, 4.69) is 5.32 Å². The van der Waals surface area contributed by atoms with Crippen molar-refractivity contribution < 1.29 is 14.3 Å². The summed E-state index contributed by atoms with van der Waals surface area (Å²) < 4.78 is 4.99. The molecule has 5 heteroatoms. The highest BCUT2D eigenvalue weighted by atomic mass is 16.5. The van der Waals surface area contributed by atoms with Gasteiger partial charge in [-0.25, -0.2) is 0 Å². The van der Waals surface area contributed by atoms with Crippen LogP contribution in [0.25, 0.3) is 0 Å². The molecule has 0 saturated heterocycles. The zero-order valence-electron chi connectivity index (χ0n) is 9.97. The molecule has 92 valence electrons. The SMILES string of the molecule is CN(C)C(=O)COCC(=O)Nc1ccccc1. The summed E-state index contributed by atoms with van der Waals surface area (Å²) in [5.74, 6) is -0.444. The quantitative estimate of drug-likeness (QED) is 0.820. The van der Waals surface area contributed by atoms with Crippen LogP contribution in [0.5, 0.6) is 0 Å². The van der Waals surface area contributed by atoms with Crippen LogP contribution in [-0.2, 0) is 14.3 Å². The highest BCUT2D eigenvalue weighted by Gasteiger charge is 2.06. The number of nitrogens with one attached hydrogen (secondary N) is 1. The first-order valence-corrected chi connectivity index (χ1v) is 5.22. The third-order valence-electron chi connectivity index (χ3n) is 2.02. The maximum absolute atomic E-state index is 11.4. The molecule has 17 heavy (non-hydrogen) atoms. The van der Waals surface area contributed by atoms with E-state index >= 15 is 0 Å². The van der Waals surface area contributed by atoms with E-state index in [1.807, 2.05) is 18.2 Å². The minimum Gasteiger partial charge on any atom is -0.362 e. The summed E-state index contributed by atoms with van der Waals surface area (Å²) in [5, 5.41) is 2.66. The van der Waals surface area contributed by atoms with Crippen molar-refractivity contribution in [3.05, 3.63) is 30.3 Å². The van der Waals surface area contributed by atoms with Crippen LogP contribution in [0.1, 0.15) is 0 Å². The number of amides is 2. The molecular weight excluding hydrogens is 220 g/mol. The predicted molar refractivity (Wildman–Crippen MR) is 64.6 cm³/mol. The zero-order chi connectivity index (χ0) is 12.7. The molecule has 0 unspecified atom stereocenters. The van der Waals surface area contributed by atoms with E-state index in [9.17, 15) is 9.59 Å². The molecule has 2 amide bonds. The second-order valence-corrected chi connectivity index (χ2v) is 3.70. The molecule has 1 N–H and O–H groups in total. The number of nitrogens with zero attached hydrogens (tertiary/aromatic N) is 1. The number of likely N-dealkylation sites (N-methyl/N-ethyl adjacent to an activating group) is 1. The lowest BCUT2D eigenvalue weighted by atomic mass is 10.3. The number of hydrogen-bond acceptors (Lipinski definition) is 3. The molecule has 0 bridgehead atoms. The highest BCUT2D eigenvalue weighted by Crippen LogP contribution is 2.04. The number of rotatable bonds is 5. The molecular formula is C12H16N2O3. The lowest BCUT2D eigenvalue weighted by molar-refractivity contribution is -0.135. The first-order chi connectivity index (χ1) is 8.09. The Kier molecular flexibility index (Phi) is 5.16. The van der Waals surface area contributed by atoms with Crippen molar-refractivity contribution in [1.82, 2.24) is 4.90 Å². The van der Waals surface area contributed by atoms with Gasteiger partial charge < -0.3 is 15.0 Å². The van der Waals surface area contributed by atoms with Gasteiger partial charge in [-0.15, -0.1) is 0 Å². The van der Waals surface area contributed by atoms with Crippen molar-refractivity contribution in [2.45, 2.75) is 0 Å². The number of anilines is 1. The van der Waals surface area contributed by atoms with Gasteiger partial charge in [0.15, 0.2) is 0 Å². The minimum absolute atomic E-state index is 0.0881. The second-order valence-electron chi connectivity index (χ2n) is 3.70. The second kappa shape index (κ2) is 6.65. The van der Waals surface area contributed by atoms with Crippen LogP contribution in [0.2, 0.25) is 0 Å². The number of para-hydroxylation sites is 1. The fraction of sp³-hybridized carbons (Fsp3) is 0.333. The van der Waals surface area contributed by atoms with Crippen LogP contribution in [0.4, 0.5) is 5.69 Å². The minimum atomic E-state index is -0.275. The molecule has 1 aromatic carbocycles. The number of carbonyl (C=O) groups excluding carboxylic acids is 2. The van der Waals surface area contributed by atoms with Crippen molar-refractivity contribution in [2.75, 3.05) is 32.6 Å².